The molecule has 0 spiro atoms. The first kappa shape index (κ1) is 11.0. The van der Waals surface area contributed by atoms with Gasteiger partial charge in [0.15, 0.2) is 0 Å². The average Bonchev–Trinajstić information content (AvgIpc) is 2.54. The number of aromatic nitrogens is 1. The zero-order valence-corrected chi connectivity index (χ0v) is 10.1. The second kappa shape index (κ2) is 4.18. The summed E-state index contributed by atoms with van der Waals surface area (Å²) in [6, 6.07) is 6.19. The molecule has 0 saturated carbocycles. The number of rotatable bonds is 3. The van der Waals surface area contributed by atoms with E-state index in [0.717, 1.165) is 12.2 Å². The Morgan fingerprint density at radius 1 is 1.38 bits per heavy atom. The quantitative estimate of drug-likeness (QED) is 0.856. The topological polar surface area (TPSA) is 40.2 Å². The molecule has 0 fully saturated rings. The van der Waals surface area contributed by atoms with Gasteiger partial charge >= 0.3 is 0 Å². The number of ether oxygens (including phenoxy) is 1. The van der Waals surface area contributed by atoms with E-state index in [4.69, 9.17) is 10.5 Å². The maximum Gasteiger partial charge on any atom is 0.120 e. The molecule has 86 valence electrons. The molecule has 2 N–H and O–H groups in total. The minimum absolute atomic E-state index is 0.683. The van der Waals surface area contributed by atoms with E-state index in [9.17, 15) is 0 Å². The van der Waals surface area contributed by atoms with Crippen LogP contribution in [-0.4, -0.2) is 18.2 Å². The standard InChI is InChI=1S/C13H18N2O/c1-9-11-5-4-10(16-3)8-13(11)15(2)12(9)6-7-14/h4-5,8H,6-7,14H2,1-3H3. The summed E-state index contributed by atoms with van der Waals surface area (Å²) in [7, 11) is 3.78. The molecule has 0 bridgehead atoms. The van der Waals surface area contributed by atoms with Crippen LogP contribution in [0.1, 0.15) is 11.3 Å². The van der Waals surface area contributed by atoms with Crippen molar-refractivity contribution >= 4 is 10.9 Å². The third kappa shape index (κ3) is 1.57. The Hall–Kier alpha value is -1.48. The van der Waals surface area contributed by atoms with Crippen LogP contribution in [0.2, 0.25) is 0 Å². The number of nitrogens with zero attached hydrogens (tertiary/aromatic N) is 1. The second-order valence-corrected chi connectivity index (χ2v) is 4.05. The number of benzene rings is 1. The van der Waals surface area contributed by atoms with Gasteiger partial charge in [0.05, 0.1) is 12.6 Å². The Morgan fingerprint density at radius 3 is 2.75 bits per heavy atom. The second-order valence-electron chi connectivity index (χ2n) is 4.05. The van der Waals surface area contributed by atoms with Crippen LogP contribution < -0.4 is 10.5 Å². The average molecular weight is 218 g/mol. The van der Waals surface area contributed by atoms with Crippen molar-refractivity contribution in [3.8, 4) is 5.75 Å². The van der Waals surface area contributed by atoms with Crippen molar-refractivity contribution < 1.29 is 4.74 Å². The Labute approximate surface area is 95.8 Å². The van der Waals surface area contributed by atoms with E-state index in [1.54, 1.807) is 7.11 Å². The lowest BCUT2D eigenvalue weighted by Crippen LogP contribution is -2.07. The fourth-order valence-electron chi connectivity index (χ4n) is 2.28. The van der Waals surface area contributed by atoms with E-state index in [1.807, 2.05) is 6.07 Å². The molecule has 0 aliphatic carbocycles. The predicted molar refractivity (Wildman–Crippen MR) is 67.0 cm³/mol. The van der Waals surface area contributed by atoms with E-state index in [0.29, 0.717) is 6.54 Å². The number of hydrogen-bond donors (Lipinski definition) is 1. The Balaban J connectivity index is 2.67. The lowest BCUT2D eigenvalue weighted by molar-refractivity contribution is 0.415. The minimum Gasteiger partial charge on any atom is -0.497 e. The van der Waals surface area contributed by atoms with Crippen LogP contribution in [0.15, 0.2) is 18.2 Å². The maximum atomic E-state index is 5.64. The molecule has 3 nitrogen and oxygen atoms in total. The molecule has 0 amide bonds. The minimum atomic E-state index is 0.683. The van der Waals surface area contributed by atoms with Crippen molar-refractivity contribution in [1.82, 2.24) is 4.57 Å². The molecule has 2 aromatic rings. The number of nitrogens with two attached hydrogens (primary N) is 1. The summed E-state index contributed by atoms with van der Waals surface area (Å²) in [4.78, 5) is 0. The fraction of sp³-hybridized carbons (Fsp3) is 0.385. The van der Waals surface area contributed by atoms with Crippen LogP contribution in [0.25, 0.3) is 10.9 Å². The first-order valence-electron chi connectivity index (χ1n) is 5.51. The summed E-state index contributed by atoms with van der Waals surface area (Å²) < 4.78 is 7.46. The number of aryl methyl sites for hydroxylation is 2. The molecule has 3 heteroatoms. The first-order chi connectivity index (χ1) is 7.69. The fourth-order valence-corrected chi connectivity index (χ4v) is 2.28. The molecule has 0 aliphatic heterocycles. The molecule has 0 unspecified atom stereocenters. The molecule has 2 rings (SSSR count). The van der Waals surface area contributed by atoms with Gasteiger partial charge < -0.3 is 15.0 Å². The highest BCUT2D eigenvalue weighted by Crippen LogP contribution is 2.28. The molecule has 0 saturated heterocycles. The molecule has 1 heterocycles. The summed E-state index contributed by atoms with van der Waals surface area (Å²) in [6.07, 6.45) is 0.916. The van der Waals surface area contributed by atoms with Gasteiger partial charge in [0.2, 0.25) is 0 Å². The zero-order valence-electron chi connectivity index (χ0n) is 10.1. The Morgan fingerprint density at radius 2 is 2.12 bits per heavy atom. The highest BCUT2D eigenvalue weighted by Gasteiger charge is 2.11. The Bertz CT molecular complexity index is 514. The van der Waals surface area contributed by atoms with Crippen LogP contribution in [0, 0.1) is 6.92 Å². The molecular formula is C13H18N2O. The van der Waals surface area contributed by atoms with E-state index in [1.165, 1.54) is 22.2 Å². The van der Waals surface area contributed by atoms with Crippen molar-refractivity contribution in [2.75, 3.05) is 13.7 Å². The van der Waals surface area contributed by atoms with E-state index >= 15 is 0 Å². The van der Waals surface area contributed by atoms with Gasteiger partial charge in [-0.1, -0.05) is 0 Å². The lowest BCUT2D eigenvalue weighted by atomic mass is 10.1. The number of methoxy groups -OCH3 is 1. The molecule has 1 aromatic carbocycles. The van der Waals surface area contributed by atoms with Gasteiger partial charge in [-0.3, -0.25) is 0 Å². The van der Waals surface area contributed by atoms with E-state index in [2.05, 4.69) is 30.7 Å². The summed E-state index contributed by atoms with van der Waals surface area (Å²) in [5.74, 6) is 0.896. The molecule has 0 aliphatic rings. The van der Waals surface area contributed by atoms with E-state index in [-0.39, 0.29) is 0 Å². The van der Waals surface area contributed by atoms with Gasteiger partial charge in [0.25, 0.3) is 0 Å². The molecule has 1 aromatic heterocycles. The van der Waals surface area contributed by atoms with Crippen molar-refractivity contribution in [2.45, 2.75) is 13.3 Å². The SMILES string of the molecule is COc1ccc2c(C)c(CCN)n(C)c2c1. The van der Waals surface area contributed by atoms with E-state index < -0.39 is 0 Å². The van der Waals surface area contributed by atoms with Crippen molar-refractivity contribution in [3.05, 3.63) is 29.5 Å². The number of fused-ring (bicyclic) bond motifs is 1. The summed E-state index contributed by atoms with van der Waals surface area (Å²) >= 11 is 0. The third-order valence-corrected chi connectivity index (χ3v) is 3.19. The van der Waals surface area contributed by atoms with Gasteiger partial charge in [-0.25, -0.2) is 0 Å². The molecule has 0 atom stereocenters. The lowest BCUT2D eigenvalue weighted by Gasteiger charge is -2.04. The van der Waals surface area contributed by atoms with Crippen LogP contribution in [0.3, 0.4) is 0 Å². The van der Waals surface area contributed by atoms with Crippen LogP contribution in [-0.2, 0) is 13.5 Å². The van der Waals surface area contributed by atoms with Gasteiger partial charge in [-0.2, -0.15) is 0 Å². The normalized spacial score (nSPS) is 11.0. The monoisotopic (exact) mass is 218 g/mol. The smallest absolute Gasteiger partial charge is 0.120 e. The van der Waals surface area contributed by atoms with Crippen LogP contribution >= 0.6 is 0 Å². The Kier molecular flexibility index (Phi) is 2.88. The largest absolute Gasteiger partial charge is 0.497 e. The summed E-state index contributed by atoms with van der Waals surface area (Å²) in [5.41, 5.74) is 9.48. The van der Waals surface area contributed by atoms with Crippen molar-refractivity contribution in [1.29, 1.82) is 0 Å². The highest BCUT2D eigenvalue weighted by atomic mass is 16.5. The molecular weight excluding hydrogens is 200 g/mol. The van der Waals surface area contributed by atoms with Gasteiger partial charge in [0, 0.05) is 30.6 Å². The summed E-state index contributed by atoms with van der Waals surface area (Å²) in [5, 5.41) is 1.28. The van der Waals surface area contributed by atoms with Gasteiger partial charge in [-0.05, 0) is 31.2 Å². The van der Waals surface area contributed by atoms with Crippen molar-refractivity contribution in [2.24, 2.45) is 12.8 Å². The predicted octanol–water partition coefficient (Wildman–Crippen LogP) is 2.00. The highest BCUT2D eigenvalue weighted by molar-refractivity contribution is 5.86. The molecule has 16 heavy (non-hydrogen) atoms. The molecule has 0 radical (unpaired) electrons. The van der Waals surface area contributed by atoms with Crippen LogP contribution in [0.4, 0.5) is 0 Å². The maximum absolute atomic E-state index is 5.64. The summed E-state index contributed by atoms with van der Waals surface area (Å²) in [6.45, 7) is 2.84. The van der Waals surface area contributed by atoms with Gasteiger partial charge in [-0.15, -0.1) is 0 Å². The zero-order chi connectivity index (χ0) is 11.7. The van der Waals surface area contributed by atoms with Gasteiger partial charge in [0.1, 0.15) is 5.75 Å². The third-order valence-electron chi connectivity index (χ3n) is 3.19. The number of hydrogen-bond acceptors (Lipinski definition) is 2. The van der Waals surface area contributed by atoms with Crippen molar-refractivity contribution in [3.63, 3.8) is 0 Å². The first-order valence-corrected chi connectivity index (χ1v) is 5.51. The van der Waals surface area contributed by atoms with Crippen LogP contribution in [0.5, 0.6) is 5.75 Å².